The van der Waals surface area contributed by atoms with Gasteiger partial charge in [0.2, 0.25) is 0 Å². The highest BCUT2D eigenvalue weighted by atomic mass is 35.5. The number of rotatable bonds is 9. The summed E-state index contributed by atoms with van der Waals surface area (Å²) in [5.41, 5.74) is 0. The lowest BCUT2D eigenvalue weighted by atomic mass is 10.1. The maximum atomic E-state index is 11.1. The van der Waals surface area contributed by atoms with Crippen molar-refractivity contribution in [2.75, 3.05) is 0 Å². The molecule has 0 bridgehead atoms. The minimum Gasteiger partial charge on any atom is -0.298 e. The Bertz CT molecular complexity index is 145. The Hall–Kier alpha value is -0.0400. The van der Waals surface area contributed by atoms with Gasteiger partial charge in [-0.15, -0.1) is 11.6 Å². The quantitative estimate of drug-likeness (QED) is 0.416. The highest BCUT2D eigenvalue weighted by Gasteiger charge is 2.11. The molecule has 0 fully saturated rings. The summed E-state index contributed by atoms with van der Waals surface area (Å²) >= 11 is 5.92. The molecule has 0 aromatic rings. The molecule has 1 atom stereocenters. The Balaban J connectivity index is 3.23. The molecule has 0 spiro atoms. The van der Waals surface area contributed by atoms with Gasteiger partial charge < -0.3 is 0 Å². The lowest BCUT2D eigenvalue weighted by molar-refractivity contribution is -0.118. The normalized spacial score (nSPS) is 12.8. The fraction of sp³-hybridized carbons (Fsp3) is 0.917. The molecule has 0 aliphatic rings. The molecule has 1 nitrogen and oxygen atoms in total. The molecule has 84 valence electrons. The van der Waals surface area contributed by atoms with Crippen molar-refractivity contribution >= 4 is 17.4 Å². The number of hydrogen-bond donors (Lipinski definition) is 0. The van der Waals surface area contributed by atoms with Gasteiger partial charge in [-0.05, 0) is 6.42 Å². The maximum Gasteiger partial charge on any atom is 0.150 e. The van der Waals surface area contributed by atoms with Gasteiger partial charge in [-0.3, -0.25) is 4.79 Å². The minimum atomic E-state index is -0.230. The molecular formula is C12H23ClO. The second-order valence-electron chi connectivity index (χ2n) is 3.84. The zero-order valence-electron chi connectivity index (χ0n) is 9.52. The first-order valence-electron chi connectivity index (χ1n) is 5.89. The van der Waals surface area contributed by atoms with Crippen molar-refractivity contribution < 1.29 is 4.79 Å². The largest absolute Gasteiger partial charge is 0.298 e. The average molecular weight is 219 g/mol. The summed E-state index contributed by atoms with van der Waals surface area (Å²) in [5.74, 6) is 0.195. The average Bonchev–Trinajstić information content (AvgIpc) is 2.21. The van der Waals surface area contributed by atoms with E-state index in [2.05, 4.69) is 6.92 Å². The fourth-order valence-electron chi connectivity index (χ4n) is 1.49. The Labute approximate surface area is 93.2 Å². The number of alkyl halides is 1. The van der Waals surface area contributed by atoms with Gasteiger partial charge in [-0.1, -0.05) is 52.4 Å². The van der Waals surface area contributed by atoms with E-state index in [1.165, 1.54) is 32.1 Å². The molecule has 2 heteroatoms. The third-order valence-electron chi connectivity index (χ3n) is 2.51. The number of carbonyl (C=O) groups excluding carboxylic acids is 1. The van der Waals surface area contributed by atoms with Crippen molar-refractivity contribution in [3.05, 3.63) is 0 Å². The third-order valence-corrected chi connectivity index (χ3v) is 2.97. The number of ketones is 1. The molecule has 0 aliphatic heterocycles. The van der Waals surface area contributed by atoms with Crippen LogP contribution in [-0.2, 0) is 4.79 Å². The zero-order chi connectivity index (χ0) is 10.8. The Morgan fingerprint density at radius 3 is 2.21 bits per heavy atom. The van der Waals surface area contributed by atoms with Crippen LogP contribution in [-0.4, -0.2) is 11.2 Å². The van der Waals surface area contributed by atoms with Crippen molar-refractivity contribution in [2.45, 2.75) is 70.6 Å². The van der Waals surface area contributed by atoms with Crippen molar-refractivity contribution in [1.29, 1.82) is 0 Å². The standard InChI is InChI=1S/C12H23ClO/c1-3-5-6-7-8-9-10-11(13)12(14)4-2/h11H,3-10H2,1-2H3. The van der Waals surface area contributed by atoms with Gasteiger partial charge in [0.05, 0.1) is 5.38 Å². The van der Waals surface area contributed by atoms with E-state index in [9.17, 15) is 4.79 Å². The Morgan fingerprint density at radius 1 is 1.07 bits per heavy atom. The van der Waals surface area contributed by atoms with Gasteiger partial charge in [0.1, 0.15) is 5.78 Å². The SMILES string of the molecule is CCCCCCCCC(Cl)C(=O)CC. The predicted octanol–water partition coefficient (Wildman–Crippen LogP) is 4.32. The molecule has 0 amide bonds. The smallest absolute Gasteiger partial charge is 0.150 e. The van der Waals surface area contributed by atoms with Crippen LogP contribution in [0.3, 0.4) is 0 Å². The summed E-state index contributed by atoms with van der Waals surface area (Å²) in [6, 6.07) is 0. The molecule has 14 heavy (non-hydrogen) atoms. The second kappa shape index (κ2) is 9.51. The van der Waals surface area contributed by atoms with E-state index < -0.39 is 0 Å². The van der Waals surface area contributed by atoms with Gasteiger partial charge in [-0.25, -0.2) is 0 Å². The van der Waals surface area contributed by atoms with Crippen molar-refractivity contribution in [2.24, 2.45) is 0 Å². The number of hydrogen-bond acceptors (Lipinski definition) is 1. The van der Waals surface area contributed by atoms with Crippen LogP contribution in [0.4, 0.5) is 0 Å². The first kappa shape index (κ1) is 14.0. The summed E-state index contributed by atoms with van der Waals surface area (Å²) in [6.07, 6.45) is 8.99. The van der Waals surface area contributed by atoms with Crippen LogP contribution >= 0.6 is 11.6 Å². The van der Waals surface area contributed by atoms with Crippen LogP contribution in [0.1, 0.15) is 65.2 Å². The molecule has 0 rings (SSSR count). The van der Waals surface area contributed by atoms with Crippen LogP contribution in [0.2, 0.25) is 0 Å². The third kappa shape index (κ3) is 7.37. The zero-order valence-corrected chi connectivity index (χ0v) is 10.3. The van der Waals surface area contributed by atoms with Crippen molar-refractivity contribution in [3.63, 3.8) is 0 Å². The molecule has 0 saturated heterocycles. The van der Waals surface area contributed by atoms with E-state index >= 15 is 0 Å². The molecule has 0 N–H and O–H groups in total. The van der Waals surface area contributed by atoms with Crippen molar-refractivity contribution in [1.82, 2.24) is 0 Å². The van der Waals surface area contributed by atoms with E-state index in [4.69, 9.17) is 11.6 Å². The highest BCUT2D eigenvalue weighted by Crippen LogP contribution is 2.13. The van der Waals surface area contributed by atoms with Crippen LogP contribution in [0.5, 0.6) is 0 Å². The number of halogens is 1. The second-order valence-corrected chi connectivity index (χ2v) is 4.37. The van der Waals surface area contributed by atoms with Crippen molar-refractivity contribution in [3.8, 4) is 0 Å². The minimum absolute atomic E-state index is 0.195. The maximum absolute atomic E-state index is 11.1. The van der Waals surface area contributed by atoms with Gasteiger partial charge in [0, 0.05) is 6.42 Å². The monoisotopic (exact) mass is 218 g/mol. The fourth-order valence-corrected chi connectivity index (χ4v) is 1.79. The molecule has 1 unspecified atom stereocenters. The topological polar surface area (TPSA) is 17.1 Å². The summed E-state index contributed by atoms with van der Waals surface area (Å²) in [4.78, 5) is 11.1. The number of carbonyl (C=O) groups is 1. The molecular weight excluding hydrogens is 196 g/mol. The number of Topliss-reactive ketones (excluding diaryl/α,β-unsaturated/α-hetero) is 1. The van der Waals surface area contributed by atoms with Crippen LogP contribution in [0.25, 0.3) is 0 Å². The van der Waals surface area contributed by atoms with Gasteiger partial charge in [-0.2, -0.15) is 0 Å². The molecule has 0 aromatic heterocycles. The Kier molecular flexibility index (Phi) is 9.49. The molecule has 0 saturated carbocycles. The summed E-state index contributed by atoms with van der Waals surface area (Å²) < 4.78 is 0. The van der Waals surface area contributed by atoms with Gasteiger partial charge >= 0.3 is 0 Å². The van der Waals surface area contributed by atoms with E-state index in [-0.39, 0.29) is 11.2 Å². The van der Waals surface area contributed by atoms with Gasteiger partial charge in [0.25, 0.3) is 0 Å². The number of unbranched alkanes of at least 4 members (excludes halogenated alkanes) is 5. The summed E-state index contributed by atoms with van der Waals surface area (Å²) in [5, 5.41) is -0.230. The van der Waals surface area contributed by atoms with E-state index in [1.807, 2.05) is 6.92 Å². The Morgan fingerprint density at radius 2 is 1.64 bits per heavy atom. The predicted molar refractivity (Wildman–Crippen MR) is 62.9 cm³/mol. The van der Waals surface area contributed by atoms with E-state index in [0.29, 0.717) is 6.42 Å². The first-order valence-corrected chi connectivity index (χ1v) is 6.32. The van der Waals surface area contributed by atoms with Gasteiger partial charge in [0.15, 0.2) is 0 Å². The highest BCUT2D eigenvalue weighted by molar-refractivity contribution is 6.31. The van der Waals surface area contributed by atoms with Crippen LogP contribution in [0, 0.1) is 0 Å². The lowest BCUT2D eigenvalue weighted by Gasteiger charge is -2.06. The summed E-state index contributed by atoms with van der Waals surface area (Å²) in [7, 11) is 0. The van der Waals surface area contributed by atoms with Crippen LogP contribution in [0.15, 0.2) is 0 Å². The molecule has 0 heterocycles. The van der Waals surface area contributed by atoms with Crippen LogP contribution < -0.4 is 0 Å². The van der Waals surface area contributed by atoms with E-state index in [1.54, 1.807) is 0 Å². The molecule has 0 aliphatic carbocycles. The molecule has 0 radical (unpaired) electrons. The summed E-state index contributed by atoms with van der Waals surface area (Å²) in [6.45, 7) is 4.09. The lowest BCUT2D eigenvalue weighted by Crippen LogP contribution is -2.12. The molecule has 0 aromatic carbocycles. The van der Waals surface area contributed by atoms with E-state index in [0.717, 1.165) is 12.8 Å². The first-order chi connectivity index (χ1) is 6.72.